The van der Waals surface area contributed by atoms with Gasteiger partial charge in [-0.25, -0.2) is 0 Å². The number of aryl methyl sites for hydroxylation is 1. The van der Waals surface area contributed by atoms with E-state index in [1.54, 1.807) is 6.07 Å². The highest BCUT2D eigenvalue weighted by atomic mass is 16.3. The van der Waals surface area contributed by atoms with Gasteiger partial charge in [0.05, 0.1) is 0 Å². The quantitative estimate of drug-likeness (QED) is 0.902. The van der Waals surface area contributed by atoms with Crippen LogP contribution in [0.25, 0.3) is 11.1 Å². The van der Waals surface area contributed by atoms with Crippen molar-refractivity contribution in [3.05, 3.63) is 53.6 Å². The average Bonchev–Trinajstić information content (AvgIpc) is 2.45. The van der Waals surface area contributed by atoms with Gasteiger partial charge in [0.15, 0.2) is 0 Å². The second kappa shape index (κ2) is 5.60. The predicted molar refractivity (Wildman–Crippen MR) is 83.4 cm³/mol. The molecule has 2 aromatic rings. The summed E-state index contributed by atoms with van der Waals surface area (Å²) in [6.45, 7) is 1.99. The summed E-state index contributed by atoms with van der Waals surface area (Å²) in [4.78, 5) is 12.1. The maximum absolute atomic E-state index is 12.1. The number of carbonyl (C=O) groups excluding carboxylic acids is 1. The number of carbonyl (C=O) groups is 1. The van der Waals surface area contributed by atoms with Crippen LogP contribution in [-0.2, 0) is 0 Å². The first-order valence-electron chi connectivity index (χ1n) is 7.34. The summed E-state index contributed by atoms with van der Waals surface area (Å²) in [5, 5.41) is 13.0. The molecule has 3 heteroatoms. The number of nitrogens with one attached hydrogen (secondary N) is 1. The predicted octanol–water partition coefficient (Wildman–Crippen LogP) is 3.65. The number of aromatic hydroxyl groups is 1. The first-order valence-corrected chi connectivity index (χ1v) is 7.34. The summed E-state index contributed by atoms with van der Waals surface area (Å²) in [6.07, 6.45) is 3.37. The van der Waals surface area contributed by atoms with E-state index in [-0.39, 0.29) is 11.7 Å². The Kier molecular flexibility index (Phi) is 3.65. The highest BCUT2D eigenvalue weighted by Gasteiger charge is 2.20. The Labute approximate surface area is 124 Å². The van der Waals surface area contributed by atoms with Gasteiger partial charge in [0.1, 0.15) is 5.75 Å². The average molecular weight is 281 g/mol. The Bertz CT molecular complexity index is 657. The van der Waals surface area contributed by atoms with Gasteiger partial charge in [-0.2, -0.15) is 0 Å². The minimum absolute atomic E-state index is 0.0142. The van der Waals surface area contributed by atoms with E-state index in [1.807, 2.05) is 43.3 Å². The second-order valence-electron chi connectivity index (χ2n) is 5.70. The lowest BCUT2D eigenvalue weighted by molar-refractivity contribution is 0.0917. The molecule has 0 aliphatic heterocycles. The van der Waals surface area contributed by atoms with Crippen molar-refractivity contribution in [3.63, 3.8) is 0 Å². The summed E-state index contributed by atoms with van der Waals surface area (Å²) in [5.41, 5.74) is 3.46. The zero-order valence-electron chi connectivity index (χ0n) is 12.1. The van der Waals surface area contributed by atoms with Crippen LogP contribution in [0.5, 0.6) is 5.75 Å². The number of amides is 1. The number of phenolic OH excluding ortho intramolecular Hbond substituents is 1. The van der Waals surface area contributed by atoms with E-state index in [1.165, 1.54) is 6.42 Å². The topological polar surface area (TPSA) is 49.3 Å². The molecular formula is C18H19NO2. The fraction of sp³-hybridized carbons (Fsp3) is 0.278. The van der Waals surface area contributed by atoms with Crippen LogP contribution in [-0.4, -0.2) is 17.1 Å². The third-order valence-corrected chi connectivity index (χ3v) is 4.05. The molecule has 21 heavy (non-hydrogen) atoms. The number of hydrogen-bond acceptors (Lipinski definition) is 2. The van der Waals surface area contributed by atoms with Crippen molar-refractivity contribution < 1.29 is 9.90 Å². The van der Waals surface area contributed by atoms with Gasteiger partial charge in [0, 0.05) is 17.2 Å². The first-order chi connectivity index (χ1) is 10.1. The minimum Gasteiger partial charge on any atom is -0.507 e. The molecule has 1 aliphatic carbocycles. The van der Waals surface area contributed by atoms with Crippen molar-refractivity contribution >= 4 is 5.91 Å². The monoisotopic (exact) mass is 281 g/mol. The molecule has 1 aliphatic rings. The highest BCUT2D eigenvalue weighted by Crippen LogP contribution is 2.30. The summed E-state index contributed by atoms with van der Waals surface area (Å²) in [5.74, 6) is 0.243. The molecule has 2 N–H and O–H groups in total. The lowest BCUT2D eigenvalue weighted by Crippen LogP contribution is -2.39. The Balaban J connectivity index is 1.80. The minimum atomic E-state index is -0.0142. The molecule has 0 spiro atoms. The summed E-state index contributed by atoms with van der Waals surface area (Å²) in [7, 11) is 0. The molecule has 108 valence electrons. The lowest BCUT2D eigenvalue weighted by atomic mass is 9.93. The van der Waals surface area contributed by atoms with E-state index < -0.39 is 0 Å². The van der Waals surface area contributed by atoms with Crippen LogP contribution in [0.1, 0.15) is 35.2 Å². The fourth-order valence-electron chi connectivity index (χ4n) is 2.50. The Morgan fingerprint density at radius 3 is 2.48 bits per heavy atom. The molecule has 3 rings (SSSR count). The third kappa shape index (κ3) is 2.92. The standard InChI is InChI=1S/C18H19NO2/c1-12-5-10-17(20)16(11-12)13-6-8-14(9-7-13)18(21)19-15-3-2-4-15/h5-11,15,20H,2-4H2,1H3,(H,19,21). The molecule has 1 amide bonds. The molecule has 0 aromatic heterocycles. The van der Waals surface area contributed by atoms with E-state index in [2.05, 4.69) is 5.32 Å². The SMILES string of the molecule is Cc1ccc(O)c(-c2ccc(C(=O)NC3CCC3)cc2)c1. The summed E-state index contributed by atoms with van der Waals surface area (Å²) >= 11 is 0. The van der Waals surface area contributed by atoms with Gasteiger partial charge < -0.3 is 10.4 Å². The molecule has 0 heterocycles. The van der Waals surface area contributed by atoms with E-state index in [0.29, 0.717) is 11.6 Å². The van der Waals surface area contributed by atoms with Crippen molar-refractivity contribution in [3.8, 4) is 16.9 Å². The smallest absolute Gasteiger partial charge is 0.251 e. The molecule has 0 unspecified atom stereocenters. The van der Waals surface area contributed by atoms with Crippen LogP contribution in [0, 0.1) is 6.92 Å². The Morgan fingerprint density at radius 2 is 1.86 bits per heavy atom. The van der Waals surface area contributed by atoms with Crippen LogP contribution in [0.3, 0.4) is 0 Å². The molecule has 0 radical (unpaired) electrons. The van der Waals surface area contributed by atoms with Crippen molar-refractivity contribution in [2.24, 2.45) is 0 Å². The van der Waals surface area contributed by atoms with Crippen LogP contribution < -0.4 is 5.32 Å². The molecule has 2 aromatic carbocycles. The van der Waals surface area contributed by atoms with Crippen LogP contribution >= 0.6 is 0 Å². The third-order valence-electron chi connectivity index (χ3n) is 4.05. The van der Waals surface area contributed by atoms with Crippen LogP contribution in [0.4, 0.5) is 0 Å². The number of rotatable bonds is 3. The van der Waals surface area contributed by atoms with Gasteiger partial charge in [-0.15, -0.1) is 0 Å². The van der Waals surface area contributed by atoms with E-state index in [9.17, 15) is 9.90 Å². The van der Waals surface area contributed by atoms with Crippen molar-refractivity contribution in [1.29, 1.82) is 0 Å². The molecule has 1 saturated carbocycles. The number of hydrogen-bond donors (Lipinski definition) is 2. The number of phenols is 1. The van der Waals surface area contributed by atoms with Crippen LogP contribution in [0.15, 0.2) is 42.5 Å². The van der Waals surface area contributed by atoms with Crippen molar-refractivity contribution in [2.75, 3.05) is 0 Å². The second-order valence-corrected chi connectivity index (χ2v) is 5.70. The number of benzene rings is 2. The largest absolute Gasteiger partial charge is 0.507 e. The fourth-order valence-corrected chi connectivity index (χ4v) is 2.50. The molecule has 0 saturated heterocycles. The normalized spacial score (nSPS) is 14.5. The maximum Gasteiger partial charge on any atom is 0.251 e. The van der Waals surface area contributed by atoms with Gasteiger partial charge in [-0.1, -0.05) is 23.8 Å². The Morgan fingerprint density at radius 1 is 1.14 bits per heavy atom. The zero-order chi connectivity index (χ0) is 14.8. The molecule has 0 atom stereocenters. The maximum atomic E-state index is 12.1. The van der Waals surface area contributed by atoms with E-state index >= 15 is 0 Å². The molecule has 3 nitrogen and oxygen atoms in total. The van der Waals surface area contributed by atoms with Gasteiger partial charge in [0.25, 0.3) is 5.91 Å². The van der Waals surface area contributed by atoms with Gasteiger partial charge >= 0.3 is 0 Å². The van der Waals surface area contributed by atoms with Crippen molar-refractivity contribution in [1.82, 2.24) is 5.32 Å². The lowest BCUT2D eigenvalue weighted by Gasteiger charge is -2.26. The van der Waals surface area contributed by atoms with Gasteiger partial charge in [-0.05, 0) is 56.0 Å². The van der Waals surface area contributed by atoms with Crippen LogP contribution in [0.2, 0.25) is 0 Å². The zero-order valence-corrected chi connectivity index (χ0v) is 12.1. The highest BCUT2D eigenvalue weighted by molar-refractivity contribution is 5.95. The molecule has 0 bridgehead atoms. The Hall–Kier alpha value is -2.29. The van der Waals surface area contributed by atoms with Gasteiger partial charge in [0.2, 0.25) is 0 Å². The molecule has 1 fully saturated rings. The van der Waals surface area contributed by atoms with E-state index in [4.69, 9.17) is 0 Å². The molecular weight excluding hydrogens is 262 g/mol. The van der Waals surface area contributed by atoms with E-state index in [0.717, 1.165) is 29.5 Å². The van der Waals surface area contributed by atoms with Crippen molar-refractivity contribution in [2.45, 2.75) is 32.2 Å². The van der Waals surface area contributed by atoms with Gasteiger partial charge in [-0.3, -0.25) is 4.79 Å². The summed E-state index contributed by atoms with van der Waals surface area (Å²) in [6, 6.07) is 13.2. The first kappa shape index (κ1) is 13.7. The summed E-state index contributed by atoms with van der Waals surface area (Å²) < 4.78 is 0.